The Hall–Kier alpha value is -1.10. The van der Waals surface area contributed by atoms with Crippen LogP contribution in [0.1, 0.15) is 39.2 Å². The molecule has 1 aromatic rings. The highest BCUT2D eigenvalue weighted by molar-refractivity contribution is 6.31. The van der Waals surface area contributed by atoms with Gasteiger partial charge >= 0.3 is 0 Å². The molecule has 0 radical (unpaired) electrons. The number of hydrogen-bond acceptors (Lipinski definition) is 3. The van der Waals surface area contributed by atoms with Crippen LogP contribution in [0.15, 0.2) is 18.2 Å². The molecule has 23 heavy (non-hydrogen) atoms. The normalized spacial score (nSPS) is 18.2. The van der Waals surface area contributed by atoms with E-state index in [4.69, 9.17) is 11.6 Å². The van der Waals surface area contributed by atoms with Crippen LogP contribution < -0.4 is 10.6 Å². The van der Waals surface area contributed by atoms with Crippen LogP contribution in [0.2, 0.25) is 5.02 Å². The fourth-order valence-electron chi connectivity index (χ4n) is 3.07. The van der Waals surface area contributed by atoms with E-state index in [1.807, 2.05) is 32.0 Å². The molecule has 1 aliphatic heterocycles. The maximum atomic E-state index is 12.5. The van der Waals surface area contributed by atoms with Gasteiger partial charge in [0.1, 0.15) is 0 Å². The zero-order valence-corrected chi connectivity index (χ0v) is 15.3. The van der Waals surface area contributed by atoms with Crippen LogP contribution in [0.25, 0.3) is 0 Å². The van der Waals surface area contributed by atoms with Crippen molar-refractivity contribution >= 4 is 23.2 Å². The number of nitrogens with one attached hydrogen (secondary N) is 2. The summed E-state index contributed by atoms with van der Waals surface area (Å²) in [6.45, 7) is 10.2. The van der Waals surface area contributed by atoms with E-state index in [1.54, 1.807) is 0 Å². The van der Waals surface area contributed by atoms with Gasteiger partial charge in [-0.25, -0.2) is 0 Å². The van der Waals surface area contributed by atoms with Crippen molar-refractivity contribution in [2.75, 3.05) is 18.4 Å². The molecule has 128 valence electrons. The van der Waals surface area contributed by atoms with Gasteiger partial charge in [-0.2, -0.15) is 0 Å². The van der Waals surface area contributed by atoms with E-state index in [1.165, 1.54) is 0 Å². The molecule has 5 heteroatoms. The Balaban J connectivity index is 1.89. The van der Waals surface area contributed by atoms with Crippen molar-refractivity contribution < 1.29 is 4.79 Å². The summed E-state index contributed by atoms with van der Waals surface area (Å²) in [6, 6.07) is 6.54. The average Bonchev–Trinajstić information content (AvgIpc) is 2.51. The van der Waals surface area contributed by atoms with Crippen LogP contribution in [0.5, 0.6) is 0 Å². The van der Waals surface area contributed by atoms with Gasteiger partial charge in [-0.1, -0.05) is 31.5 Å². The molecular weight excluding hydrogens is 310 g/mol. The fraction of sp³-hybridized carbons (Fsp3) is 0.611. The first-order valence-electron chi connectivity index (χ1n) is 8.44. The van der Waals surface area contributed by atoms with Gasteiger partial charge in [0.2, 0.25) is 5.91 Å². The van der Waals surface area contributed by atoms with Crippen molar-refractivity contribution in [2.45, 2.75) is 58.7 Å². The van der Waals surface area contributed by atoms with Gasteiger partial charge in [-0.3, -0.25) is 9.69 Å². The molecular formula is C18H28ClN3O. The zero-order chi connectivity index (χ0) is 17.0. The summed E-state index contributed by atoms with van der Waals surface area (Å²) in [5.41, 5.74) is 1.71. The summed E-state index contributed by atoms with van der Waals surface area (Å²) >= 11 is 6.11. The number of anilines is 1. The zero-order valence-electron chi connectivity index (χ0n) is 14.5. The summed E-state index contributed by atoms with van der Waals surface area (Å²) in [4.78, 5) is 14.8. The van der Waals surface area contributed by atoms with Crippen molar-refractivity contribution in [1.82, 2.24) is 10.2 Å². The molecule has 1 unspecified atom stereocenters. The molecule has 1 atom stereocenters. The second-order valence-electron chi connectivity index (χ2n) is 6.71. The van der Waals surface area contributed by atoms with E-state index >= 15 is 0 Å². The van der Waals surface area contributed by atoms with E-state index in [0.717, 1.165) is 37.2 Å². The predicted molar refractivity (Wildman–Crippen MR) is 97.1 cm³/mol. The first-order chi connectivity index (χ1) is 10.9. The predicted octanol–water partition coefficient (Wildman–Crippen LogP) is 3.44. The minimum atomic E-state index is -0.131. The first kappa shape index (κ1) is 18.2. The number of nitrogens with zero attached hydrogens (tertiary/aromatic N) is 1. The highest BCUT2D eigenvalue weighted by Crippen LogP contribution is 2.23. The molecule has 1 aliphatic rings. The van der Waals surface area contributed by atoms with E-state index in [9.17, 15) is 4.79 Å². The van der Waals surface area contributed by atoms with E-state index in [2.05, 4.69) is 29.4 Å². The van der Waals surface area contributed by atoms with Gasteiger partial charge in [0.25, 0.3) is 0 Å². The third kappa shape index (κ3) is 4.93. The summed E-state index contributed by atoms with van der Waals surface area (Å²) in [6.07, 6.45) is 2.18. The molecule has 1 fully saturated rings. The first-order valence-corrected chi connectivity index (χ1v) is 8.82. The van der Waals surface area contributed by atoms with E-state index in [0.29, 0.717) is 17.1 Å². The highest BCUT2D eigenvalue weighted by atomic mass is 35.5. The minimum absolute atomic E-state index is 0.0330. The molecule has 2 N–H and O–H groups in total. The summed E-state index contributed by atoms with van der Waals surface area (Å²) in [7, 11) is 0. The largest absolute Gasteiger partial charge is 0.324 e. The van der Waals surface area contributed by atoms with Crippen molar-refractivity contribution in [1.29, 1.82) is 0 Å². The SMILES string of the molecule is Cc1c(Cl)cccc1NC(=O)C(C)N1CCC(NC(C)C)CC1. The molecule has 2 rings (SSSR count). The van der Waals surface area contributed by atoms with E-state index < -0.39 is 0 Å². The lowest BCUT2D eigenvalue weighted by atomic mass is 10.0. The Labute approximate surface area is 144 Å². The van der Waals surface area contributed by atoms with Gasteiger partial charge < -0.3 is 10.6 Å². The lowest BCUT2D eigenvalue weighted by Crippen LogP contribution is -2.50. The summed E-state index contributed by atoms with van der Waals surface area (Å²) in [5, 5.41) is 7.27. The third-order valence-corrected chi connectivity index (χ3v) is 4.96. The average molecular weight is 338 g/mol. The summed E-state index contributed by atoms with van der Waals surface area (Å²) < 4.78 is 0. The molecule has 0 bridgehead atoms. The van der Waals surface area contributed by atoms with Crippen LogP contribution in [-0.2, 0) is 4.79 Å². The van der Waals surface area contributed by atoms with Crippen LogP contribution in [0.4, 0.5) is 5.69 Å². The number of carbonyl (C=O) groups excluding carboxylic acids is 1. The Morgan fingerprint density at radius 1 is 1.26 bits per heavy atom. The fourth-order valence-corrected chi connectivity index (χ4v) is 3.25. The highest BCUT2D eigenvalue weighted by Gasteiger charge is 2.27. The van der Waals surface area contributed by atoms with Gasteiger partial charge in [0.15, 0.2) is 0 Å². The van der Waals surface area contributed by atoms with E-state index in [-0.39, 0.29) is 11.9 Å². The lowest BCUT2D eigenvalue weighted by molar-refractivity contribution is -0.121. The van der Waals surface area contributed by atoms with Crippen LogP contribution in [0.3, 0.4) is 0 Å². The molecule has 1 aromatic carbocycles. The molecule has 0 saturated carbocycles. The standard InChI is InChI=1S/C18H28ClN3O/c1-12(2)20-15-8-10-22(11-9-15)14(4)18(23)21-17-7-5-6-16(19)13(17)3/h5-7,12,14-15,20H,8-11H2,1-4H3,(H,21,23). The summed E-state index contributed by atoms with van der Waals surface area (Å²) in [5.74, 6) is 0.0330. The molecule has 1 heterocycles. The van der Waals surface area contributed by atoms with Gasteiger partial charge in [-0.05, 0) is 44.4 Å². The number of amides is 1. The Morgan fingerprint density at radius 3 is 2.52 bits per heavy atom. The topological polar surface area (TPSA) is 44.4 Å². The molecule has 0 aliphatic carbocycles. The number of halogens is 1. The maximum Gasteiger partial charge on any atom is 0.241 e. The number of carbonyl (C=O) groups is 1. The maximum absolute atomic E-state index is 12.5. The van der Waals surface area contributed by atoms with Crippen molar-refractivity contribution in [3.05, 3.63) is 28.8 Å². The van der Waals surface area contributed by atoms with Crippen LogP contribution in [0, 0.1) is 6.92 Å². The van der Waals surface area contributed by atoms with Crippen molar-refractivity contribution in [3.63, 3.8) is 0 Å². The quantitative estimate of drug-likeness (QED) is 0.865. The molecule has 1 amide bonds. The minimum Gasteiger partial charge on any atom is -0.324 e. The van der Waals surface area contributed by atoms with Gasteiger partial charge in [-0.15, -0.1) is 0 Å². The number of piperidine rings is 1. The second-order valence-corrected chi connectivity index (χ2v) is 7.12. The van der Waals surface area contributed by atoms with Crippen molar-refractivity contribution in [2.24, 2.45) is 0 Å². The van der Waals surface area contributed by atoms with Crippen molar-refractivity contribution in [3.8, 4) is 0 Å². The van der Waals surface area contributed by atoms with Crippen LogP contribution >= 0.6 is 11.6 Å². The lowest BCUT2D eigenvalue weighted by Gasteiger charge is -2.36. The Morgan fingerprint density at radius 2 is 1.91 bits per heavy atom. The van der Waals surface area contributed by atoms with Gasteiger partial charge in [0.05, 0.1) is 6.04 Å². The molecule has 4 nitrogen and oxygen atoms in total. The second kappa shape index (κ2) is 8.13. The smallest absolute Gasteiger partial charge is 0.241 e. The molecule has 0 spiro atoms. The number of likely N-dealkylation sites (tertiary alicyclic amines) is 1. The van der Waals surface area contributed by atoms with Crippen LogP contribution in [-0.4, -0.2) is 42.0 Å². The number of rotatable bonds is 5. The Bertz CT molecular complexity index is 539. The monoisotopic (exact) mass is 337 g/mol. The third-order valence-electron chi connectivity index (χ3n) is 4.55. The number of hydrogen-bond donors (Lipinski definition) is 2. The Kier molecular flexibility index (Phi) is 6.45. The molecule has 0 aromatic heterocycles. The van der Waals surface area contributed by atoms with Gasteiger partial charge in [0, 0.05) is 35.9 Å². The number of benzene rings is 1. The molecule has 1 saturated heterocycles.